The van der Waals surface area contributed by atoms with E-state index in [1.165, 1.54) is 12.1 Å². The van der Waals surface area contributed by atoms with Crippen molar-refractivity contribution in [1.29, 1.82) is 0 Å². The molecule has 1 heterocycles. The van der Waals surface area contributed by atoms with Gasteiger partial charge in [0, 0.05) is 0 Å². The molecule has 1 aliphatic rings. The van der Waals surface area contributed by atoms with Gasteiger partial charge in [0.15, 0.2) is 9.84 Å². The van der Waals surface area contributed by atoms with Gasteiger partial charge in [-0.2, -0.15) is 0 Å². The third-order valence-corrected chi connectivity index (χ3v) is 5.05. The van der Waals surface area contributed by atoms with Gasteiger partial charge < -0.3 is 15.5 Å². The van der Waals surface area contributed by atoms with Crippen molar-refractivity contribution < 1.29 is 23.4 Å². The molecule has 6 nitrogen and oxygen atoms in total. The minimum atomic E-state index is -3.13. The standard InChI is InChI=1S/C12H15NO5S/c1-12(4-5-19(17,18)7-12)13-11(16)9-6-8(14)2-3-10(9)15/h2-3,6,14-15H,4-5,7H2,1H3,(H,13,16). The van der Waals surface area contributed by atoms with Crippen LogP contribution in [-0.2, 0) is 9.84 Å². The quantitative estimate of drug-likeness (QED) is 0.683. The van der Waals surface area contributed by atoms with E-state index >= 15 is 0 Å². The van der Waals surface area contributed by atoms with Crippen molar-refractivity contribution in [3.05, 3.63) is 23.8 Å². The molecule has 0 saturated carbocycles. The molecule has 0 aliphatic carbocycles. The molecule has 0 bridgehead atoms. The van der Waals surface area contributed by atoms with E-state index < -0.39 is 21.3 Å². The predicted molar refractivity (Wildman–Crippen MR) is 68.9 cm³/mol. The van der Waals surface area contributed by atoms with Crippen molar-refractivity contribution >= 4 is 15.7 Å². The van der Waals surface area contributed by atoms with Gasteiger partial charge in [0.25, 0.3) is 5.91 Å². The third kappa shape index (κ3) is 2.98. The molecule has 0 radical (unpaired) electrons. The summed E-state index contributed by atoms with van der Waals surface area (Å²) in [5, 5.41) is 21.5. The fourth-order valence-electron chi connectivity index (χ4n) is 2.16. The molecule has 1 atom stereocenters. The van der Waals surface area contributed by atoms with Crippen molar-refractivity contribution in [2.75, 3.05) is 11.5 Å². The Balaban J connectivity index is 2.20. The number of rotatable bonds is 2. The number of phenols is 2. The van der Waals surface area contributed by atoms with Crippen LogP contribution in [0.25, 0.3) is 0 Å². The highest BCUT2D eigenvalue weighted by molar-refractivity contribution is 7.91. The van der Waals surface area contributed by atoms with Crippen molar-refractivity contribution in [2.24, 2.45) is 0 Å². The maximum atomic E-state index is 12.0. The van der Waals surface area contributed by atoms with Gasteiger partial charge in [-0.15, -0.1) is 0 Å². The second-order valence-corrected chi connectivity index (χ2v) is 7.24. The van der Waals surface area contributed by atoms with Crippen LogP contribution in [0, 0.1) is 0 Å². The van der Waals surface area contributed by atoms with E-state index in [0.717, 1.165) is 6.07 Å². The Kier molecular flexibility index (Phi) is 3.17. The van der Waals surface area contributed by atoms with Crippen molar-refractivity contribution in [3.8, 4) is 11.5 Å². The minimum absolute atomic E-state index is 0.0375. The van der Waals surface area contributed by atoms with E-state index in [1.807, 2.05) is 0 Å². The maximum Gasteiger partial charge on any atom is 0.255 e. The van der Waals surface area contributed by atoms with Crippen LogP contribution in [-0.4, -0.2) is 41.6 Å². The second kappa shape index (κ2) is 4.41. The van der Waals surface area contributed by atoms with Gasteiger partial charge in [0.2, 0.25) is 0 Å². The number of benzene rings is 1. The highest BCUT2D eigenvalue weighted by atomic mass is 32.2. The van der Waals surface area contributed by atoms with Crippen LogP contribution in [0.4, 0.5) is 0 Å². The number of aromatic hydroxyl groups is 2. The first kappa shape index (κ1) is 13.7. The molecule has 1 saturated heterocycles. The number of sulfone groups is 1. The summed E-state index contributed by atoms with van der Waals surface area (Å²) < 4.78 is 22.9. The highest BCUT2D eigenvalue weighted by Gasteiger charge is 2.39. The molecule has 1 aromatic rings. The third-order valence-electron chi connectivity index (χ3n) is 3.14. The summed E-state index contributed by atoms with van der Waals surface area (Å²) in [5.74, 6) is -1.10. The van der Waals surface area contributed by atoms with Gasteiger partial charge >= 0.3 is 0 Å². The fraction of sp³-hybridized carbons (Fsp3) is 0.417. The largest absolute Gasteiger partial charge is 0.508 e. The van der Waals surface area contributed by atoms with Crippen molar-refractivity contribution in [2.45, 2.75) is 18.9 Å². The lowest BCUT2D eigenvalue weighted by Gasteiger charge is -2.24. The molecule has 0 aromatic heterocycles. The maximum absolute atomic E-state index is 12.0. The molecular formula is C12H15NO5S. The lowest BCUT2D eigenvalue weighted by Crippen LogP contribution is -2.46. The summed E-state index contributed by atoms with van der Waals surface area (Å²) in [4.78, 5) is 12.0. The molecule has 1 fully saturated rings. The number of hydrogen-bond donors (Lipinski definition) is 3. The minimum Gasteiger partial charge on any atom is -0.508 e. The first-order valence-corrected chi connectivity index (χ1v) is 7.58. The molecule has 1 aromatic carbocycles. The molecule has 7 heteroatoms. The van der Waals surface area contributed by atoms with Gasteiger partial charge in [-0.25, -0.2) is 8.42 Å². The van der Waals surface area contributed by atoms with E-state index in [0.29, 0.717) is 6.42 Å². The zero-order chi connectivity index (χ0) is 14.3. The number of carbonyl (C=O) groups excluding carboxylic acids is 1. The van der Waals surface area contributed by atoms with Crippen LogP contribution in [0.1, 0.15) is 23.7 Å². The lowest BCUT2D eigenvalue weighted by molar-refractivity contribution is 0.0912. The number of nitrogens with one attached hydrogen (secondary N) is 1. The summed E-state index contributed by atoms with van der Waals surface area (Å²) in [5.41, 5.74) is -0.918. The first-order valence-electron chi connectivity index (χ1n) is 5.76. The predicted octanol–water partition coefficient (Wildman–Crippen LogP) is 0.405. The molecule has 3 N–H and O–H groups in total. The van der Waals surface area contributed by atoms with Gasteiger partial charge in [-0.05, 0) is 31.5 Å². The molecule has 104 valence electrons. The van der Waals surface area contributed by atoms with Gasteiger partial charge in [0.05, 0.1) is 22.6 Å². The lowest BCUT2D eigenvalue weighted by atomic mass is 10.0. The van der Waals surface area contributed by atoms with Crippen molar-refractivity contribution in [1.82, 2.24) is 5.32 Å². The summed E-state index contributed by atoms with van der Waals surface area (Å²) in [6.07, 6.45) is 0.334. The molecule has 0 spiro atoms. The summed E-state index contributed by atoms with van der Waals surface area (Å²) in [7, 11) is -3.13. The Morgan fingerprint density at radius 1 is 1.37 bits per heavy atom. The Morgan fingerprint density at radius 3 is 2.63 bits per heavy atom. The van der Waals surface area contributed by atoms with Crippen LogP contribution in [0.15, 0.2) is 18.2 Å². The molecule has 1 unspecified atom stereocenters. The number of carbonyl (C=O) groups is 1. The SMILES string of the molecule is CC1(NC(=O)c2cc(O)ccc2O)CCS(=O)(=O)C1. The highest BCUT2D eigenvalue weighted by Crippen LogP contribution is 2.26. The monoisotopic (exact) mass is 285 g/mol. The Hall–Kier alpha value is -1.76. The number of hydrogen-bond acceptors (Lipinski definition) is 5. The van der Waals surface area contributed by atoms with E-state index in [-0.39, 0.29) is 28.6 Å². The molecule has 1 amide bonds. The van der Waals surface area contributed by atoms with E-state index in [9.17, 15) is 23.4 Å². The van der Waals surface area contributed by atoms with Crippen LogP contribution >= 0.6 is 0 Å². The molecule has 2 rings (SSSR count). The molecular weight excluding hydrogens is 270 g/mol. The van der Waals surface area contributed by atoms with Crippen LogP contribution in [0.3, 0.4) is 0 Å². The normalized spacial score (nSPS) is 25.1. The zero-order valence-electron chi connectivity index (χ0n) is 10.4. The van der Waals surface area contributed by atoms with Crippen LogP contribution in [0.2, 0.25) is 0 Å². The van der Waals surface area contributed by atoms with E-state index in [1.54, 1.807) is 6.92 Å². The van der Waals surface area contributed by atoms with Crippen molar-refractivity contribution in [3.63, 3.8) is 0 Å². The average Bonchev–Trinajstić information content (AvgIpc) is 2.56. The van der Waals surface area contributed by atoms with E-state index in [2.05, 4.69) is 5.32 Å². The second-order valence-electron chi connectivity index (χ2n) is 5.06. The summed E-state index contributed by atoms with van der Waals surface area (Å²) in [6.45, 7) is 1.65. The Labute approximate surface area is 111 Å². The summed E-state index contributed by atoms with van der Waals surface area (Å²) in [6, 6.07) is 3.60. The molecule has 19 heavy (non-hydrogen) atoms. The smallest absolute Gasteiger partial charge is 0.255 e. The average molecular weight is 285 g/mol. The Bertz CT molecular complexity index is 625. The van der Waals surface area contributed by atoms with Gasteiger partial charge in [-0.1, -0.05) is 0 Å². The summed E-state index contributed by atoms with van der Waals surface area (Å²) >= 11 is 0. The number of phenolic OH excluding ortho intramolecular Hbond substituents is 2. The Morgan fingerprint density at radius 2 is 2.05 bits per heavy atom. The number of amides is 1. The van der Waals surface area contributed by atoms with E-state index in [4.69, 9.17) is 0 Å². The van der Waals surface area contributed by atoms with Gasteiger partial charge in [0.1, 0.15) is 11.5 Å². The van der Waals surface area contributed by atoms with Gasteiger partial charge in [-0.3, -0.25) is 4.79 Å². The zero-order valence-corrected chi connectivity index (χ0v) is 11.2. The van der Waals surface area contributed by atoms with Crippen LogP contribution in [0.5, 0.6) is 11.5 Å². The molecule has 1 aliphatic heterocycles. The van der Waals surface area contributed by atoms with Crippen LogP contribution < -0.4 is 5.32 Å². The first-order chi connectivity index (χ1) is 8.71. The fourth-order valence-corrected chi connectivity index (χ4v) is 4.25. The topological polar surface area (TPSA) is 104 Å².